The Bertz CT molecular complexity index is 742. The second-order valence-electron chi connectivity index (χ2n) is 5.68. The molecule has 1 aromatic heterocycles. The van der Waals surface area contributed by atoms with E-state index in [0.717, 1.165) is 46.8 Å². The fourth-order valence-corrected chi connectivity index (χ4v) is 3.66. The minimum absolute atomic E-state index is 0.121. The topological polar surface area (TPSA) is 71.5 Å². The quantitative estimate of drug-likeness (QED) is 0.845. The number of fused-ring (bicyclic) bond motifs is 1. The molecule has 1 aromatic carbocycles. The summed E-state index contributed by atoms with van der Waals surface area (Å²) >= 11 is 3.57. The summed E-state index contributed by atoms with van der Waals surface area (Å²) in [6, 6.07) is 3.99. The molecule has 2 aromatic rings. The van der Waals surface area contributed by atoms with Crippen molar-refractivity contribution < 1.29 is 14.6 Å². The van der Waals surface area contributed by atoms with Gasteiger partial charge in [-0.05, 0) is 37.0 Å². The Morgan fingerprint density at radius 2 is 2.35 bits per heavy atom. The van der Waals surface area contributed by atoms with Crippen LogP contribution in [-0.2, 0) is 11.2 Å². The van der Waals surface area contributed by atoms with Gasteiger partial charge in [0.2, 0.25) is 0 Å². The number of rotatable bonds is 4. The summed E-state index contributed by atoms with van der Waals surface area (Å²) in [7, 11) is 0. The number of aromatic nitrogens is 1. The minimum Gasteiger partial charge on any atom is -0.478 e. The maximum Gasteiger partial charge on any atom is 0.339 e. The van der Waals surface area contributed by atoms with Crippen molar-refractivity contribution in [3.63, 3.8) is 0 Å². The van der Waals surface area contributed by atoms with E-state index in [-0.39, 0.29) is 11.6 Å². The first kappa shape index (κ1) is 16.2. The molecule has 0 amide bonds. The lowest BCUT2D eigenvalue weighted by Gasteiger charge is -2.26. The first-order valence-corrected chi connectivity index (χ1v) is 8.58. The van der Waals surface area contributed by atoms with Crippen molar-refractivity contribution >= 4 is 38.5 Å². The molecule has 1 saturated heterocycles. The van der Waals surface area contributed by atoms with Gasteiger partial charge in [-0.1, -0.05) is 22.9 Å². The second-order valence-corrected chi connectivity index (χ2v) is 6.54. The number of ether oxygens (including phenoxy) is 1. The highest BCUT2D eigenvalue weighted by atomic mass is 79.9. The average molecular weight is 379 g/mol. The zero-order valence-corrected chi connectivity index (χ0v) is 14.5. The van der Waals surface area contributed by atoms with Crippen LogP contribution in [0, 0.1) is 0 Å². The number of carboxylic acids is 1. The molecule has 1 aliphatic heterocycles. The molecule has 0 aliphatic carbocycles. The molecule has 0 saturated carbocycles. The van der Waals surface area contributed by atoms with Crippen LogP contribution in [0.1, 0.15) is 35.7 Å². The molecule has 6 heteroatoms. The van der Waals surface area contributed by atoms with E-state index >= 15 is 0 Å². The number of aromatic carboxylic acids is 1. The van der Waals surface area contributed by atoms with Crippen LogP contribution in [0.4, 0.5) is 5.69 Å². The lowest BCUT2D eigenvalue weighted by atomic mass is 10.0. The molecule has 122 valence electrons. The number of nitrogens with one attached hydrogen (secondary N) is 1. The molecule has 3 rings (SSSR count). The van der Waals surface area contributed by atoms with Crippen molar-refractivity contribution in [3.05, 3.63) is 33.9 Å². The third-order valence-electron chi connectivity index (χ3n) is 4.18. The molecule has 23 heavy (non-hydrogen) atoms. The number of halogens is 1. The van der Waals surface area contributed by atoms with E-state index < -0.39 is 5.97 Å². The highest BCUT2D eigenvalue weighted by Crippen LogP contribution is 2.34. The zero-order chi connectivity index (χ0) is 16.4. The number of hydrogen-bond acceptors (Lipinski definition) is 4. The van der Waals surface area contributed by atoms with Gasteiger partial charge >= 0.3 is 5.97 Å². The molecule has 5 nitrogen and oxygen atoms in total. The van der Waals surface area contributed by atoms with Gasteiger partial charge in [-0.15, -0.1) is 0 Å². The lowest BCUT2D eigenvalue weighted by Crippen LogP contribution is -2.31. The Morgan fingerprint density at radius 1 is 1.52 bits per heavy atom. The predicted molar refractivity (Wildman–Crippen MR) is 93.2 cm³/mol. The van der Waals surface area contributed by atoms with E-state index in [1.54, 1.807) is 0 Å². The van der Waals surface area contributed by atoms with Crippen LogP contribution in [0.3, 0.4) is 0 Å². The van der Waals surface area contributed by atoms with Crippen molar-refractivity contribution in [1.82, 2.24) is 4.98 Å². The van der Waals surface area contributed by atoms with E-state index in [1.165, 1.54) is 6.20 Å². The fourth-order valence-electron chi connectivity index (χ4n) is 3.05. The third-order valence-corrected chi connectivity index (χ3v) is 4.92. The molecule has 0 bridgehead atoms. The number of aryl methyl sites for hydroxylation is 1. The monoisotopic (exact) mass is 378 g/mol. The van der Waals surface area contributed by atoms with Crippen molar-refractivity contribution in [2.75, 3.05) is 18.5 Å². The van der Waals surface area contributed by atoms with Gasteiger partial charge in [0.25, 0.3) is 0 Å². The van der Waals surface area contributed by atoms with Crippen molar-refractivity contribution in [1.29, 1.82) is 0 Å². The van der Waals surface area contributed by atoms with E-state index in [9.17, 15) is 9.90 Å². The van der Waals surface area contributed by atoms with E-state index in [0.29, 0.717) is 12.3 Å². The van der Waals surface area contributed by atoms with E-state index in [2.05, 4.69) is 33.2 Å². The standard InChI is InChI=1S/C17H19BrN2O3/c1-2-11-13(18)5-6-14-15(11)16(12(8-19-14)17(21)22)20-10-4-3-7-23-9-10/h5-6,8,10H,2-4,7,9H2,1H3,(H,19,20)(H,21,22). The normalized spacial score (nSPS) is 18.1. The molecule has 1 unspecified atom stereocenters. The molecule has 2 heterocycles. The lowest BCUT2D eigenvalue weighted by molar-refractivity contribution is 0.0696. The van der Waals surface area contributed by atoms with Gasteiger partial charge < -0.3 is 15.2 Å². The van der Waals surface area contributed by atoms with Gasteiger partial charge in [0.1, 0.15) is 5.56 Å². The second kappa shape index (κ2) is 6.84. The van der Waals surface area contributed by atoms with Crippen LogP contribution in [0.25, 0.3) is 10.9 Å². The summed E-state index contributed by atoms with van der Waals surface area (Å²) in [6.45, 7) is 3.42. The van der Waals surface area contributed by atoms with Gasteiger partial charge in [-0.25, -0.2) is 4.79 Å². The Hall–Kier alpha value is -1.66. The van der Waals surface area contributed by atoms with Crippen LogP contribution in [0.5, 0.6) is 0 Å². The Balaban J connectivity index is 2.19. The molecule has 1 aliphatic rings. The Labute approximate surface area is 143 Å². The number of benzene rings is 1. The average Bonchev–Trinajstić information content (AvgIpc) is 2.56. The number of nitrogens with zero attached hydrogens (tertiary/aromatic N) is 1. The summed E-state index contributed by atoms with van der Waals surface area (Å²) in [5, 5.41) is 13.9. The SMILES string of the molecule is CCc1c(Br)ccc2ncc(C(=O)O)c(NC3CCCOC3)c12. The highest BCUT2D eigenvalue weighted by molar-refractivity contribution is 9.10. The largest absolute Gasteiger partial charge is 0.478 e. The van der Waals surface area contributed by atoms with Crippen LogP contribution >= 0.6 is 15.9 Å². The summed E-state index contributed by atoms with van der Waals surface area (Å²) in [5.74, 6) is -0.972. The maximum absolute atomic E-state index is 11.7. The van der Waals surface area contributed by atoms with Crippen molar-refractivity contribution in [3.8, 4) is 0 Å². The summed E-state index contributed by atoms with van der Waals surface area (Å²) < 4.78 is 6.48. The van der Waals surface area contributed by atoms with E-state index in [1.807, 2.05) is 12.1 Å². The number of carbonyl (C=O) groups is 1. The first-order valence-electron chi connectivity index (χ1n) is 7.79. The number of carboxylic acid groups (broad SMARTS) is 1. The molecule has 2 N–H and O–H groups in total. The molecule has 0 radical (unpaired) electrons. The van der Waals surface area contributed by atoms with Crippen LogP contribution < -0.4 is 5.32 Å². The smallest absolute Gasteiger partial charge is 0.339 e. The Kier molecular flexibility index (Phi) is 4.82. The third kappa shape index (κ3) is 3.19. The number of hydrogen-bond donors (Lipinski definition) is 2. The molecular weight excluding hydrogens is 360 g/mol. The first-order chi connectivity index (χ1) is 11.1. The maximum atomic E-state index is 11.7. The minimum atomic E-state index is -0.972. The van der Waals surface area contributed by atoms with Crippen LogP contribution in [-0.4, -0.2) is 35.3 Å². The van der Waals surface area contributed by atoms with Gasteiger partial charge in [-0.3, -0.25) is 4.98 Å². The van der Waals surface area contributed by atoms with Crippen LogP contribution in [0.2, 0.25) is 0 Å². The summed E-state index contributed by atoms with van der Waals surface area (Å²) in [6.07, 6.45) is 4.17. The zero-order valence-electron chi connectivity index (χ0n) is 12.9. The van der Waals surface area contributed by atoms with Crippen molar-refractivity contribution in [2.24, 2.45) is 0 Å². The molecule has 1 atom stereocenters. The molecular formula is C17H19BrN2O3. The van der Waals surface area contributed by atoms with Crippen LogP contribution in [0.15, 0.2) is 22.8 Å². The van der Waals surface area contributed by atoms with E-state index in [4.69, 9.17) is 4.74 Å². The fraction of sp³-hybridized carbons (Fsp3) is 0.412. The van der Waals surface area contributed by atoms with Crippen molar-refractivity contribution in [2.45, 2.75) is 32.2 Å². The number of pyridine rings is 1. The summed E-state index contributed by atoms with van der Waals surface area (Å²) in [5.41, 5.74) is 2.72. The highest BCUT2D eigenvalue weighted by Gasteiger charge is 2.22. The predicted octanol–water partition coefficient (Wildman–Crippen LogP) is 3.85. The molecule has 1 fully saturated rings. The summed E-state index contributed by atoms with van der Waals surface area (Å²) in [4.78, 5) is 16.0. The van der Waals surface area contributed by atoms with Gasteiger partial charge in [0.15, 0.2) is 0 Å². The number of anilines is 1. The van der Waals surface area contributed by atoms with Gasteiger partial charge in [-0.2, -0.15) is 0 Å². The molecule has 0 spiro atoms. The van der Waals surface area contributed by atoms with Gasteiger partial charge in [0.05, 0.1) is 17.8 Å². The Morgan fingerprint density at radius 3 is 3.00 bits per heavy atom. The van der Waals surface area contributed by atoms with Gasteiger partial charge in [0, 0.05) is 28.7 Å².